The zero-order chi connectivity index (χ0) is 21.8. The fraction of sp³-hybridized carbons (Fsp3) is 0.154. The summed E-state index contributed by atoms with van der Waals surface area (Å²) in [5, 5.41) is 6.26. The zero-order valence-corrected chi connectivity index (χ0v) is 17.0. The number of ketones is 1. The minimum absolute atomic E-state index is 0.198. The zero-order valence-electron chi connectivity index (χ0n) is 17.0. The highest BCUT2D eigenvalue weighted by molar-refractivity contribution is 6.24. The van der Waals surface area contributed by atoms with Crippen LogP contribution in [-0.4, -0.2) is 34.9 Å². The molecular weight excluding hydrogens is 402 g/mol. The fourth-order valence-corrected chi connectivity index (χ4v) is 5.27. The first-order valence-corrected chi connectivity index (χ1v) is 10.6. The van der Waals surface area contributed by atoms with Crippen LogP contribution in [-0.2, 0) is 9.59 Å². The van der Waals surface area contributed by atoms with E-state index in [2.05, 4.69) is 5.10 Å². The van der Waals surface area contributed by atoms with E-state index in [9.17, 15) is 14.4 Å². The minimum Gasteiger partial charge on any atom is -0.292 e. The van der Waals surface area contributed by atoms with Gasteiger partial charge in [-0.15, -0.1) is 0 Å². The van der Waals surface area contributed by atoms with Gasteiger partial charge >= 0.3 is 0 Å². The van der Waals surface area contributed by atoms with Crippen molar-refractivity contribution in [3.63, 3.8) is 0 Å². The lowest BCUT2D eigenvalue weighted by atomic mass is 9.83. The van der Waals surface area contributed by atoms with Crippen molar-refractivity contribution in [2.24, 2.45) is 16.9 Å². The van der Waals surface area contributed by atoms with Gasteiger partial charge in [0.15, 0.2) is 5.78 Å². The molecule has 3 aliphatic rings. The van der Waals surface area contributed by atoms with Crippen LogP contribution in [0.1, 0.15) is 27.5 Å². The Kier molecular flexibility index (Phi) is 4.08. The molecule has 0 bridgehead atoms. The van der Waals surface area contributed by atoms with Crippen LogP contribution in [0.25, 0.3) is 0 Å². The molecule has 0 spiro atoms. The van der Waals surface area contributed by atoms with E-state index < -0.39 is 23.9 Å². The molecular formula is C26H19N3O3. The molecule has 0 aromatic heterocycles. The summed E-state index contributed by atoms with van der Waals surface area (Å²) < 4.78 is 0. The quantitative estimate of drug-likeness (QED) is 0.480. The molecule has 0 saturated carbocycles. The number of Topliss-reactive ketones (excluding diaryl/α,β-unsaturated/α-hetero) is 1. The average molecular weight is 421 g/mol. The molecule has 3 aliphatic heterocycles. The van der Waals surface area contributed by atoms with Gasteiger partial charge < -0.3 is 0 Å². The molecule has 3 aromatic carbocycles. The lowest BCUT2D eigenvalue weighted by Crippen LogP contribution is -2.44. The number of benzene rings is 3. The molecule has 6 rings (SSSR count). The van der Waals surface area contributed by atoms with Gasteiger partial charge in [0.1, 0.15) is 6.04 Å². The summed E-state index contributed by atoms with van der Waals surface area (Å²) in [7, 11) is 0. The third-order valence-corrected chi connectivity index (χ3v) is 6.63. The Labute approximate surface area is 184 Å². The maximum Gasteiger partial charge on any atom is 0.240 e. The highest BCUT2D eigenvalue weighted by Crippen LogP contribution is 2.53. The SMILES string of the molecule is O=C(c1ccccc1)C1C2C(=O)N(c3ccccc3)C(=O)C2C2c3ccccc3C=NN12. The standard InChI is InChI=1S/C26H19N3O3/c30-24(16-9-3-1-4-10-16)23-21-20(22-19-14-8-7-11-17(19)15-27-29(22)23)25(31)28(26(21)32)18-12-5-2-6-13-18/h1-15,20-23H. The number of hydrazone groups is 1. The number of fused-ring (bicyclic) bond motifs is 5. The van der Waals surface area contributed by atoms with Crippen LogP contribution in [0, 0.1) is 11.8 Å². The number of para-hydroxylation sites is 1. The van der Waals surface area contributed by atoms with E-state index in [1.165, 1.54) is 4.90 Å². The monoisotopic (exact) mass is 421 g/mol. The van der Waals surface area contributed by atoms with Gasteiger partial charge in [-0.3, -0.25) is 19.4 Å². The molecule has 6 nitrogen and oxygen atoms in total. The van der Waals surface area contributed by atoms with Gasteiger partial charge in [-0.1, -0.05) is 72.8 Å². The summed E-state index contributed by atoms with van der Waals surface area (Å²) >= 11 is 0. The van der Waals surface area contributed by atoms with E-state index in [-0.39, 0.29) is 17.6 Å². The van der Waals surface area contributed by atoms with Crippen molar-refractivity contribution in [1.29, 1.82) is 0 Å². The van der Waals surface area contributed by atoms with Gasteiger partial charge in [0.2, 0.25) is 11.8 Å². The molecule has 2 saturated heterocycles. The fourth-order valence-electron chi connectivity index (χ4n) is 5.27. The second-order valence-electron chi connectivity index (χ2n) is 8.27. The first-order chi connectivity index (χ1) is 15.7. The van der Waals surface area contributed by atoms with Gasteiger partial charge in [0.05, 0.1) is 29.8 Å². The molecule has 4 atom stereocenters. The van der Waals surface area contributed by atoms with Gasteiger partial charge in [0, 0.05) is 5.56 Å². The normalized spacial score (nSPS) is 25.5. The van der Waals surface area contributed by atoms with E-state index in [0.29, 0.717) is 11.3 Å². The number of imide groups is 1. The van der Waals surface area contributed by atoms with Crippen molar-refractivity contribution in [3.8, 4) is 0 Å². The van der Waals surface area contributed by atoms with E-state index in [1.54, 1.807) is 59.8 Å². The van der Waals surface area contributed by atoms with Crippen LogP contribution in [0.5, 0.6) is 0 Å². The molecule has 4 unspecified atom stereocenters. The first-order valence-electron chi connectivity index (χ1n) is 10.6. The Bertz CT molecular complexity index is 1270. The Morgan fingerprint density at radius 2 is 1.38 bits per heavy atom. The number of hydrogen-bond donors (Lipinski definition) is 0. The number of rotatable bonds is 3. The van der Waals surface area contributed by atoms with Gasteiger partial charge in [-0.05, 0) is 23.3 Å². The molecule has 0 aliphatic carbocycles. The maximum atomic E-state index is 13.7. The predicted molar refractivity (Wildman–Crippen MR) is 119 cm³/mol. The average Bonchev–Trinajstić information content (AvgIpc) is 3.32. The molecule has 2 amide bonds. The van der Waals surface area contributed by atoms with Gasteiger partial charge in [0.25, 0.3) is 0 Å². The predicted octanol–water partition coefficient (Wildman–Crippen LogP) is 3.45. The second-order valence-corrected chi connectivity index (χ2v) is 8.27. The molecule has 3 aromatic rings. The summed E-state index contributed by atoms with van der Waals surface area (Å²) in [4.78, 5) is 42.3. The number of anilines is 1. The largest absolute Gasteiger partial charge is 0.292 e. The number of amides is 2. The summed E-state index contributed by atoms with van der Waals surface area (Å²) in [6.45, 7) is 0. The molecule has 0 radical (unpaired) electrons. The van der Waals surface area contributed by atoms with Crippen molar-refractivity contribution in [2.45, 2.75) is 12.1 Å². The lowest BCUT2D eigenvalue weighted by Gasteiger charge is -2.33. The third kappa shape index (κ3) is 2.52. The van der Waals surface area contributed by atoms with E-state index in [4.69, 9.17) is 0 Å². The van der Waals surface area contributed by atoms with Crippen molar-refractivity contribution < 1.29 is 14.4 Å². The van der Waals surface area contributed by atoms with Crippen LogP contribution in [0.15, 0.2) is 90.0 Å². The Balaban J connectivity index is 1.51. The van der Waals surface area contributed by atoms with Crippen molar-refractivity contribution in [1.82, 2.24) is 5.01 Å². The van der Waals surface area contributed by atoms with Crippen LogP contribution in [0.4, 0.5) is 5.69 Å². The van der Waals surface area contributed by atoms with Crippen LogP contribution in [0.3, 0.4) is 0 Å². The molecule has 32 heavy (non-hydrogen) atoms. The van der Waals surface area contributed by atoms with E-state index in [0.717, 1.165) is 11.1 Å². The molecule has 6 heteroatoms. The lowest BCUT2D eigenvalue weighted by molar-refractivity contribution is -0.124. The molecule has 3 heterocycles. The summed E-state index contributed by atoms with van der Waals surface area (Å²) in [5.74, 6) is -2.31. The maximum absolute atomic E-state index is 13.7. The van der Waals surface area contributed by atoms with Crippen LogP contribution in [0.2, 0.25) is 0 Å². The summed E-state index contributed by atoms with van der Waals surface area (Å²) in [6, 6.07) is 24.2. The van der Waals surface area contributed by atoms with E-state index in [1.807, 2.05) is 36.4 Å². The Morgan fingerprint density at radius 3 is 2.12 bits per heavy atom. The Morgan fingerprint density at radius 1 is 0.750 bits per heavy atom. The minimum atomic E-state index is -0.845. The molecule has 156 valence electrons. The van der Waals surface area contributed by atoms with Crippen LogP contribution < -0.4 is 4.90 Å². The van der Waals surface area contributed by atoms with E-state index >= 15 is 0 Å². The second kappa shape index (κ2) is 6.99. The number of hydrogen-bond acceptors (Lipinski definition) is 5. The number of carbonyl (C=O) groups is 3. The van der Waals surface area contributed by atoms with Crippen LogP contribution >= 0.6 is 0 Å². The number of carbonyl (C=O) groups excluding carboxylic acids is 3. The van der Waals surface area contributed by atoms with Gasteiger partial charge in [-0.25, -0.2) is 4.90 Å². The number of nitrogens with zero attached hydrogens (tertiary/aromatic N) is 3. The van der Waals surface area contributed by atoms with Crippen molar-refractivity contribution >= 4 is 29.5 Å². The molecule has 2 fully saturated rings. The van der Waals surface area contributed by atoms with Crippen molar-refractivity contribution in [2.75, 3.05) is 4.90 Å². The molecule has 0 N–H and O–H groups in total. The third-order valence-electron chi connectivity index (χ3n) is 6.63. The topological polar surface area (TPSA) is 70.0 Å². The van der Waals surface area contributed by atoms with Gasteiger partial charge in [-0.2, -0.15) is 5.10 Å². The first kappa shape index (κ1) is 18.7. The van der Waals surface area contributed by atoms with Crippen molar-refractivity contribution in [3.05, 3.63) is 102 Å². The summed E-state index contributed by atoms with van der Waals surface area (Å²) in [6.07, 6.45) is 1.71. The Hall–Kier alpha value is -4.06. The highest BCUT2D eigenvalue weighted by Gasteiger charge is 2.65. The highest BCUT2D eigenvalue weighted by atomic mass is 16.2. The summed E-state index contributed by atoms with van der Waals surface area (Å²) in [5.41, 5.74) is 2.85. The smallest absolute Gasteiger partial charge is 0.240 e.